The largest absolute Gasteiger partial charge is 0.237 e. The van der Waals surface area contributed by atoms with Crippen LogP contribution in [-0.4, -0.2) is 9.75 Å². The van der Waals surface area contributed by atoms with Crippen molar-refractivity contribution in [1.82, 2.24) is 4.72 Å². The Bertz CT molecular complexity index is 341. The van der Waals surface area contributed by atoms with Crippen LogP contribution in [0.25, 0.3) is 0 Å². The zero-order chi connectivity index (χ0) is 10.8. The molecule has 0 aliphatic rings. The van der Waals surface area contributed by atoms with Crippen molar-refractivity contribution in [3.63, 3.8) is 0 Å². The molecule has 0 aromatic heterocycles. The highest BCUT2D eigenvalue weighted by Crippen LogP contribution is 2.13. The van der Waals surface area contributed by atoms with E-state index in [4.69, 9.17) is 0 Å². The Hall–Kier alpha value is -0.670. The maximum atomic E-state index is 11.9. The minimum Gasteiger partial charge on any atom is -0.237 e. The summed E-state index contributed by atoms with van der Waals surface area (Å²) in [5, 5.41) is 0. The van der Waals surface area contributed by atoms with Gasteiger partial charge in [0.05, 0.1) is 4.90 Å². The van der Waals surface area contributed by atoms with Gasteiger partial charge >= 0.3 is 0 Å². The van der Waals surface area contributed by atoms with Crippen molar-refractivity contribution in [2.24, 2.45) is 0 Å². The quantitative estimate of drug-likeness (QED) is 0.799. The van der Waals surface area contributed by atoms with Crippen molar-refractivity contribution in [2.75, 3.05) is 0 Å². The molecular weight excluding hydrogens is 194 g/mol. The van der Waals surface area contributed by atoms with Gasteiger partial charge in [0.1, 0.15) is 11.0 Å². The van der Waals surface area contributed by atoms with E-state index in [-0.39, 0.29) is 5.54 Å². The van der Waals surface area contributed by atoms with E-state index in [1.54, 1.807) is 0 Å². The van der Waals surface area contributed by atoms with Gasteiger partial charge in [0, 0.05) is 5.54 Å². The number of nitrogens with one attached hydrogen (secondary N) is 1. The summed E-state index contributed by atoms with van der Waals surface area (Å²) < 4.78 is 14.9. The van der Waals surface area contributed by atoms with E-state index in [9.17, 15) is 4.21 Å². The van der Waals surface area contributed by atoms with E-state index in [1.165, 1.54) is 0 Å². The third kappa shape index (κ3) is 3.24. The first kappa shape index (κ1) is 11.4. The van der Waals surface area contributed by atoms with Crippen LogP contribution in [0.1, 0.15) is 26.3 Å². The monoisotopic (exact) mass is 211 g/mol. The highest BCUT2D eigenvalue weighted by atomic mass is 32.2. The van der Waals surface area contributed by atoms with Gasteiger partial charge in [0.2, 0.25) is 0 Å². The Morgan fingerprint density at radius 2 is 1.79 bits per heavy atom. The fourth-order valence-corrected chi connectivity index (χ4v) is 2.33. The minimum atomic E-state index is -1.11. The number of aryl methyl sites for hydroxylation is 1. The second kappa shape index (κ2) is 4.24. The molecule has 1 rings (SSSR count). The van der Waals surface area contributed by atoms with E-state index in [0.717, 1.165) is 10.5 Å². The van der Waals surface area contributed by atoms with E-state index < -0.39 is 11.0 Å². The van der Waals surface area contributed by atoms with Gasteiger partial charge in [0.15, 0.2) is 0 Å². The zero-order valence-corrected chi connectivity index (χ0v) is 9.94. The second-order valence-electron chi connectivity index (χ2n) is 4.39. The average Bonchev–Trinajstić information content (AvgIpc) is 2.01. The molecule has 1 aromatic carbocycles. The fraction of sp³-hybridized carbons (Fsp3) is 0.455. The van der Waals surface area contributed by atoms with E-state index in [1.807, 2.05) is 52.0 Å². The van der Waals surface area contributed by atoms with Gasteiger partial charge in [-0.3, -0.25) is 0 Å². The molecule has 0 aliphatic carbocycles. The van der Waals surface area contributed by atoms with Crippen molar-refractivity contribution in [1.29, 1.82) is 0 Å². The van der Waals surface area contributed by atoms with E-state index in [0.29, 0.717) is 0 Å². The van der Waals surface area contributed by atoms with Crippen molar-refractivity contribution < 1.29 is 4.21 Å². The first-order valence-electron chi connectivity index (χ1n) is 4.65. The molecular formula is C11H17NOS. The van der Waals surface area contributed by atoms with Gasteiger partial charge in [-0.05, 0) is 39.3 Å². The Labute approximate surface area is 88.3 Å². The third-order valence-electron chi connectivity index (χ3n) is 1.69. The number of hydrogen-bond acceptors (Lipinski definition) is 1. The second-order valence-corrected chi connectivity index (χ2v) is 5.57. The van der Waals surface area contributed by atoms with Gasteiger partial charge in [0.25, 0.3) is 0 Å². The summed E-state index contributed by atoms with van der Waals surface area (Å²) in [6.45, 7) is 7.98. The van der Waals surface area contributed by atoms with Crippen LogP contribution in [0.3, 0.4) is 0 Å². The van der Waals surface area contributed by atoms with Crippen LogP contribution < -0.4 is 4.72 Å². The van der Waals surface area contributed by atoms with E-state index >= 15 is 0 Å². The summed E-state index contributed by atoms with van der Waals surface area (Å²) in [4.78, 5) is 0.863. The predicted molar refractivity (Wildman–Crippen MR) is 60.5 cm³/mol. The molecule has 0 radical (unpaired) electrons. The summed E-state index contributed by atoms with van der Waals surface area (Å²) in [6.07, 6.45) is 0. The molecule has 1 aromatic rings. The van der Waals surface area contributed by atoms with Crippen molar-refractivity contribution in [2.45, 2.75) is 38.1 Å². The minimum absolute atomic E-state index is 0.132. The molecule has 2 nitrogen and oxygen atoms in total. The Kier molecular flexibility index (Phi) is 3.45. The van der Waals surface area contributed by atoms with Gasteiger partial charge in [-0.2, -0.15) is 0 Å². The van der Waals surface area contributed by atoms with Crippen LogP contribution >= 0.6 is 0 Å². The van der Waals surface area contributed by atoms with Crippen molar-refractivity contribution in [3.8, 4) is 0 Å². The molecule has 0 amide bonds. The molecule has 3 heteroatoms. The fourth-order valence-electron chi connectivity index (χ4n) is 1.10. The highest BCUT2D eigenvalue weighted by Gasteiger charge is 2.15. The molecule has 0 aliphatic heterocycles. The van der Waals surface area contributed by atoms with Crippen LogP contribution in [0.15, 0.2) is 29.2 Å². The van der Waals surface area contributed by atoms with Crippen LogP contribution in [0.5, 0.6) is 0 Å². The lowest BCUT2D eigenvalue weighted by molar-refractivity contribution is 0.519. The van der Waals surface area contributed by atoms with Crippen LogP contribution in [0.2, 0.25) is 0 Å². The number of hydrogen-bond donors (Lipinski definition) is 1. The lowest BCUT2D eigenvalue weighted by Crippen LogP contribution is -2.37. The highest BCUT2D eigenvalue weighted by molar-refractivity contribution is 7.83. The lowest BCUT2D eigenvalue weighted by Gasteiger charge is -2.20. The first-order chi connectivity index (χ1) is 6.40. The number of rotatable bonds is 2. The first-order valence-corrected chi connectivity index (χ1v) is 5.80. The average molecular weight is 211 g/mol. The molecule has 1 unspecified atom stereocenters. The van der Waals surface area contributed by atoms with E-state index in [2.05, 4.69) is 4.72 Å². The van der Waals surface area contributed by atoms with Gasteiger partial charge in [-0.25, -0.2) is 8.93 Å². The van der Waals surface area contributed by atoms with Crippen LogP contribution in [0.4, 0.5) is 0 Å². The summed E-state index contributed by atoms with van der Waals surface area (Å²) in [5.41, 5.74) is 0.926. The summed E-state index contributed by atoms with van der Waals surface area (Å²) in [5.74, 6) is 0. The molecule has 78 valence electrons. The summed E-state index contributed by atoms with van der Waals surface area (Å²) in [7, 11) is -1.11. The molecule has 0 spiro atoms. The molecule has 0 fully saturated rings. The summed E-state index contributed by atoms with van der Waals surface area (Å²) in [6, 6.07) is 7.72. The van der Waals surface area contributed by atoms with Gasteiger partial charge in [-0.1, -0.05) is 18.2 Å². The normalized spacial score (nSPS) is 14.0. The SMILES string of the molecule is Cc1ccccc1S(=O)NC(C)(C)C. The lowest BCUT2D eigenvalue weighted by atomic mass is 10.1. The standard InChI is InChI=1S/C11H17NOS/c1-9-7-5-6-8-10(9)14(13)12-11(2,3)4/h5-8,12H,1-4H3. The Balaban J connectivity index is 2.86. The molecule has 14 heavy (non-hydrogen) atoms. The molecule has 1 N–H and O–H groups in total. The number of benzene rings is 1. The smallest absolute Gasteiger partial charge is 0.125 e. The maximum absolute atomic E-state index is 11.9. The third-order valence-corrected chi connectivity index (χ3v) is 3.35. The molecule has 0 saturated carbocycles. The molecule has 0 saturated heterocycles. The molecule has 1 atom stereocenters. The molecule has 0 bridgehead atoms. The van der Waals surface area contributed by atoms with Crippen molar-refractivity contribution in [3.05, 3.63) is 29.8 Å². The summed E-state index contributed by atoms with van der Waals surface area (Å²) >= 11 is 0. The topological polar surface area (TPSA) is 29.1 Å². The van der Waals surface area contributed by atoms with Crippen LogP contribution in [-0.2, 0) is 11.0 Å². The zero-order valence-electron chi connectivity index (χ0n) is 9.13. The van der Waals surface area contributed by atoms with Crippen LogP contribution in [0, 0.1) is 6.92 Å². The van der Waals surface area contributed by atoms with Gasteiger partial charge in [-0.15, -0.1) is 0 Å². The van der Waals surface area contributed by atoms with Gasteiger partial charge < -0.3 is 0 Å². The maximum Gasteiger partial charge on any atom is 0.125 e. The Morgan fingerprint density at radius 1 is 1.21 bits per heavy atom. The van der Waals surface area contributed by atoms with Crippen molar-refractivity contribution >= 4 is 11.0 Å². The Morgan fingerprint density at radius 3 is 2.29 bits per heavy atom. The predicted octanol–water partition coefficient (Wildman–Crippen LogP) is 2.41. The molecule has 0 heterocycles.